The summed E-state index contributed by atoms with van der Waals surface area (Å²) in [5, 5.41) is 3.19. The Bertz CT molecular complexity index is 340. The summed E-state index contributed by atoms with van der Waals surface area (Å²) >= 11 is 0. The Morgan fingerprint density at radius 1 is 1.37 bits per heavy atom. The van der Waals surface area contributed by atoms with Crippen molar-refractivity contribution in [3.63, 3.8) is 0 Å². The lowest BCUT2D eigenvalue weighted by molar-refractivity contribution is -0.139. The van der Waals surface area contributed by atoms with Crippen molar-refractivity contribution in [2.75, 3.05) is 0 Å². The second-order valence-corrected chi connectivity index (χ2v) is 7.75. The lowest BCUT2D eigenvalue weighted by Crippen LogP contribution is -2.53. The van der Waals surface area contributed by atoms with Crippen LogP contribution in [0.3, 0.4) is 0 Å². The third-order valence-electron chi connectivity index (χ3n) is 4.50. The maximum atomic E-state index is 12.8. The number of allylic oxidation sites excluding steroid dienone is 1. The van der Waals surface area contributed by atoms with E-state index in [4.69, 9.17) is 0 Å². The van der Waals surface area contributed by atoms with Gasteiger partial charge in [0.1, 0.15) is 0 Å². The van der Waals surface area contributed by atoms with E-state index in [0.29, 0.717) is 17.8 Å². The van der Waals surface area contributed by atoms with E-state index in [-0.39, 0.29) is 16.9 Å². The molecular weight excluding hydrogens is 234 g/mol. The molecule has 19 heavy (non-hydrogen) atoms. The molecule has 2 nitrogen and oxygen atoms in total. The summed E-state index contributed by atoms with van der Waals surface area (Å²) in [7, 11) is 0. The molecule has 0 aromatic heterocycles. The molecule has 0 aromatic rings. The molecule has 1 aliphatic carbocycles. The molecule has 1 rings (SSSR count). The van der Waals surface area contributed by atoms with Gasteiger partial charge in [-0.2, -0.15) is 0 Å². The lowest BCUT2D eigenvalue weighted by atomic mass is 9.60. The van der Waals surface area contributed by atoms with Crippen LogP contribution in [-0.4, -0.2) is 11.4 Å². The third-order valence-corrected chi connectivity index (χ3v) is 4.50. The minimum absolute atomic E-state index is 0.164. The maximum absolute atomic E-state index is 12.8. The van der Waals surface area contributed by atoms with Gasteiger partial charge in [0.2, 0.25) is 5.91 Å². The molecule has 1 amide bonds. The predicted octanol–water partition coefficient (Wildman–Crippen LogP) is 4.17. The molecule has 0 spiro atoms. The zero-order valence-electron chi connectivity index (χ0n) is 13.5. The first-order valence-electron chi connectivity index (χ1n) is 7.55. The van der Waals surface area contributed by atoms with Crippen molar-refractivity contribution in [1.82, 2.24) is 5.32 Å². The van der Waals surface area contributed by atoms with Crippen LogP contribution in [0.5, 0.6) is 0 Å². The SMILES string of the molecule is C=C[C@@H]1CC[C@@H](C(C)C)[C@@](C)(C(=O)NC(C)(C)C)C1. The Morgan fingerprint density at radius 2 is 1.95 bits per heavy atom. The fraction of sp³-hybridized carbons (Fsp3) is 0.824. The standard InChI is InChI=1S/C17H31NO/c1-8-13-9-10-14(12(2)3)17(7,11-13)15(19)18-16(4,5)6/h8,12-14H,1,9-11H2,2-7H3,(H,18,19)/t13-,14+,17+/m1/s1. The monoisotopic (exact) mass is 265 g/mol. The van der Waals surface area contributed by atoms with Crippen LogP contribution >= 0.6 is 0 Å². The topological polar surface area (TPSA) is 29.1 Å². The summed E-state index contributed by atoms with van der Waals surface area (Å²) in [6.45, 7) is 16.7. The van der Waals surface area contributed by atoms with Gasteiger partial charge in [0, 0.05) is 11.0 Å². The van der Waals surface area contributed by atoms with Gasteiger partial charge in [0.05, 0.1) is 0 Å². The molecule has 2 heteroatoms. The number of carbonyl (C=O) groups is 1. The summed E-state index contributed by atoms with van der Waals surface area (Å²) in [5.74, 6) is 1.70. The maximum Gasteiger partial charge on any atom is 0.226 e. The average Bonchev–Trinajstić information content (AvgIpc) is 2.25. The van der Waals surface area contributed by atoms with Crippen molar-refractivity contribution in [3.05, 3.63) is 12.7 Å². The van der Waals surface area contributed by atoms with Crippen molar-refractivity contribution in [1.29, 1.82) is 0 Å². The molecule has 0 aromatic carbocycles. The third kappa shape index (κ3) is 3.84. The fourth-order valence-corrected chi connectivity index (χ4v) is 3.52. The van der Waals surface area contributed by atoms with Gasteiger partial charge in [0.25, 0.3) is 0 Å². The predicted molar refractivity (Wildman–Crippen MR) is 81.9 cm³/mol. The largest absolute Gasteiger partial charge is 0.351 e. The van der Waals surface area contributed by atoms with Gasteiger partial charge in [-0.15, -0.1) is 6.58 Å². The minimum atomic E-state index is -0.265. The van der Waals surface area contributed by atoms with Crippen LogP contribution in [0.4, 0.5) is 0 Å². The number of carbonyl (C=O) groups excluding carboxylic acids is 1. The number of hydrogen-bond donors (Lipinski definition) is 1. The molecule has 1 aliphatic rings. The Balaban J connectivity index is 2.98. The average molecular weight is 265 g/mol. The molecule has 1 fully saturated rings. The van der Waals surface area contributed by atoms with Gasteiger partial charge in [0.15, 0.2) is 0 Å². The summed E-state index contributed by atoms with van der Waals surface area (Å²) < 4.78 is 0. The van der Waals surface area contributed by atoms with E-state index in [1.165, 1.54) is 6.42 Å². The molecule has 0 radical (unpaired) electrons. The smallest absolute Gasteiger partial charge is 0.226 e. The second kappa shape index (κ2) is 5.68. The van der Waals surface area contributed by atoms with Crippen LogP contribution in [0.2, 0.25) is 0 Å². The summed E-state index contributed by atoms with van der Waals surface area (Å²) in [6, 6.07) is 0. The number of amides is 1. The lowest BCUT2D eigenvalue weighted by Gasteiger charge is -2.46. The molecule has 0 bridgehead atoms. The zero-order valence-corrected chi connectivity index (χ0v) is 13.5. The van der Waals surface area contributed by atoms with Crippen molar-refractivity contribution in [2.45, 2.75) is 66.3 Å². The molecule has 110 valence electrons. The van der Waals surface area contributed by atoms with Crippen molar-refractivity contribution in [2.24, 2.45) is 23.2 Å². The van der Waals surface area contributed by atoms with Crippen molar-refractivity contribution < 1.29 is 4.79 Å². The second-order valence-electron chi connectivity index (χ2n) is 7.75. The van der Waals surface area contributed by atoms with E-state index in [2.05, 4.69) is 32.7 Å². The number of rotatable bonds is 3. The van der Waals surface area contributed by atoms with Gasteiger partial charge >= 0.3 is 0 Å². The Morgan fingerprint density at radius 3 is 2.37 bits per heavy atom. The minimum Gasteiger partial charge on any atom is -0.351 e. The van der Waals surface area contributed by atoms with Gasteiger partial charge in [-0.25, -0.2) is 0 Å². The Kier molecular flexibility index (Phi) is 4.86. The number of hydrogen-bond acceptors (Lipinski definition) is 1. The molecular formula is C17H31NO. The highest BCUT2D eigenvalue weighted by molar-refractivity contribution is 5.83. The Labute approximate surface area is 119 Å². The quantitative estimate of drug-likeness (QED) is 0.763. The first-order chi connectivity index (χ1) is 8.60. The normalized spacial score (nSPS) is 32.2. The van der Waals surface area contributed by atoms with Crippen LogP contribution in [0, 0.1) is 23.2 Å². The molecule has 1 N–H and O–H groups in total. The fourth-order valence-electron chi connectivity index (χ4n) is 3.52. The van der Waals surface area contributed by atoms with Crippen LogP contribution in [0.1, 0.15) is 60.8 Å². The van der Waals surface area contributed by atoms with E-state index < -0.39 is 0 Å². The summed E-state index contributed by atoms with van der Waals surface area (Å²) in [5.41, 5.74) is -0.429. The van der Waals surface area contributed by atoms with E-state index in [1.54, 1.807) is 0 Å². The summed E-state index contributed by atoms with van der Waals surface area (Å²) in [4.78, 5) is 12.8. The summed E-state index contributed by atoms with van der Waals surface area (Å²) in [6.07, 6.45) is 5.26. The van der Waals surface area contributed by atoms with Crippen molar-refractivity contribution >= 4 is 5.91 Å². The van der Waals surface area contributed by atoms with Crippen LogP contribution in [0.25, 0.3) is 0 Å². The van der Waals surface area contributed by atoms with Gasteiger partial charge < -0.3 is 5.32 Å². The molecule has 0 heterocycles. The van der Waals surface area contributed by atoms with E-state index in [9.17, 15) is 4.79 Å². The van der Waals surface area contributed by atoms with Crippen LogP contribution < -0.4 is 5.32 Å². The van der Waals surface area contributed by atoms with E-state index in [0.717, 1.165) is 12.8 Å². The first-order valence-corrected chi connectivity index (χ1v) is 7.55. The van der Waals surface area contributed by atoms with Crippen molar-refractivity contribution in [3.8, 4) is 0 Å². The molecule has 3 atom stereocenters. The first kappa shape index (κ1) is 16.3. The van der Waals surface area contributed by atoms with Gasteiger partial charge in [-0.1, -0.05) is 26.8 Å². The van der Waals surface area contributed by atoms with Crippen LogP contribution in [0.15, 0.2) is 12.7 Å². The zero-order chi connectivity index (χ0) is 14.8. The highest BCUT2D eigenvalue weighted by Crippen LogP contribution is 2.47. The molecule has 0 unspecified atom stereocenters. The highest BCUT2D eigenvalue weighted by Gasteiger charge is 2.46. The Hall–Kier alpha value is -0.790. The van der Waals surface area contributed by atoms with Crippen LogP contribution in [-0.2, 0) is 4.79 Å². The van der Waals surface area contributed by atoms with Gasteiger partial charge in [-0.3, -0.25) is 4.79 Å². The molecule has 1 saturated carbocycles. The molecule has 0 aliphatic heterocycles. The van der Waals surface area contributed by atoms with Gasteiger partial charge in [-0.05, 0) is 57.8 Å². The molecule has 0 saturated heterocycles. The number of nitrogens with one attached hydrogen (secondary N) is 1. The van der Waals surface area contributed by atoms with E-state index in [1.807, 2.05) is 26.8 Å². The highest BCUT2D eigenvalue weighted by atomic mass is 16.2. The van der Waals surface area contributed by atoms with E-state index >= 15 is 0 Å².